The fourth-order valence-electron chi connectivity index (χ4n) is 4.27. The van der Waals surface area contributed by atoms with E-state index in [-0.39, 0.29) is 12.8 Å². The van der Waals surface area contributed by atoms with Gasteiger partial charge in [-0.05, 0) is 35.1 Å². The molecule has 6 heteroatoms. The second-order valence-electron chi connectivity index (χ2n) is 8.38. The molecule has 176 valence electrons. The average molecular weight is 445 g/mol. The van der Waals surface area contributed by atoms with Crippen LogP contribution in [0.2, 0.25) is 0 Å². The first kappa shape index (κ1) is 26.2. The lowest BCUT2D eigenvalue weighted by Gasteiger charge is -2.45. The van der Waals surface area contributed by atoms with Crippen molar-refractivity contribution in [1.82, 2.24) is 0 Å². The summed E-state index contributed by atoms with van der Waals surface area (Å²) in [5, 5.41) is 64.7. The van der Waals surface area contributed by atoms with Crippen LogP contribution in [0.25, 0.3) is 0 Å². The van der Waals surface area contributed by atoms with Gasteiger partial charge in [-0.3, -0.25) is 0 Å². The Kier molecular flexibility index (Phi) is 9.16. The molecule has 0 saturated heterocycles. The van der Waals surface area contributed by atoms with Crippen LogP contribution in [0.4, 0.5) is 0 Å². The Morgan fingerprint density at radius 1 is 0.812 bits per heavy atom. The number of rotatable bonds is 12. The van der Waals surface area contributed by atoms with Crippen molar-refractivity contribution in [3.63, 3.8) is 0 Å². The van der Waals surface area contributed by atoms with Gasteiger partial charge in [0.15, 0.2) is 0 Å². The monoisotopic (exact) mass is 444 g/mol. The van der Waals surface area contributed by atoms with E-state index in [9.17, 15) is 30.6 Å². The molecule has 0 spiro atoms. The lowest BCUT2D eigenvalue weighted by atomic mass is 9.72. The third kappa shape index (κ3) is 5.46. The largest absolute Gasteiger partial charge is 0.394 e. The van der Waals surface area contributed by atoms with Crippen LogP contribution in [0.5, 0.6) is 0 Å². The van der Waals surface area contributed by atoms with E-state index >= 15 is 0 Å². The SMILES string of the molecule is C=CC(O)(Cc1ccccc1CC)[C@@H](O)[C@@](O)(Cc1ccccc1CC)[C@H](O)[C@@H](O)CO. The minimum atomic E-state index is -2.38. The molecule has 0 aliphatic heterocycles. The van der Waals surface area contributed by atoms with Gasteiger partial charge in [0.1, 0.15) is 29.5 Å². The fourth-order valence-corrected chi connectivity index (χ4v) is 4.27. The van der Waals surface area contributed by atoms with E-state index in [1.807, 2.05) is 50.2 Å². The third-order valence-corrected chi connectivity index (χ3v) is 6.31. The van der Waals surface area contributed by atoms with Crippen molar-refractivity contribution in [2.75, 3.05) is 6.61 Å². The number of benzene rings is 2. The maximum atomic E-state index is 11.6. The van der Waals surface area contributed by atoms with E-state index in [0.717, 1.165) is 22.8 Å². The summed E-state index contributed by atoms with van der Waals surface area (Å²) in [5.74, 6) is 0. The van der Waals surface area contributed by atoms with E-state index in [0.29, 0.717) is 18.4 Å². The summed E-state index contributed by atoms with van der Waals surface area (Å²) in [4.78, 5) is 0. The van der Waals surface area contributed by atoms with Gasteiger partial charge in [0.25, 0.3) is 0 Å². The zero-order chi connectivity index (χ0) is 23.9. The Morgan fingerprint density at radius 3 is 1.66 bits per heavy atom. The molecule has 0 aliphatic rings. The van der Waals surface area contributed by atoms with E-state index in [1.54, 1.807) is 12.1 Å². The summed E-state index contributed by atoms with van der Waals surface area (Å²) >= 11 is 0. The van der Waals surface area contributed by atoms with Crippen LogP contribution < -0.4 is 0 Å². The molecule has 1 unspecified atom stereocenters. The predicted octanol–water partition coefficient (Wildman–Crippen LogP) is 1.32. The maximum absolute atomic E-state index is 11.6. The smallest absolute Gasteiger partial charge is 0.126 e. The molecule has 5 atom stereocenters. The minimum Gasteiger partial charge on any atom is -0.394 e. The molecule has 2 aromatic carbocycles. The van der Waals surface area contributed by atoms with Crippen LogP contribution >= 0.6 is 0 Å². The second kappa shape index (κ2) is 11.2. The molecule has 0 amide bonds. The van der Waals surface area contributed by atoms with E-state index in [2.05, 4.69) is 6.58 Å². The van der Waals surface area contributed by atoms with Crippen molar-refractivity contribution in [1.29, 1.82) is 0 Å². The number of aliphatic hydroxyl groups is 6. The Morgan fingerprint density at radius 2 is 1.25 bits per heavy atom. The van der Waals surface area contributed by atoms with Gasteiger partial charge in [-0.15, -0.1) is 6.58 Å². The van der Waals surface area contributed by atoms with Crippen molar-refractivity contribution >= 4 is 0 Å². The minimum absolute atomic E-state index is 0.0542. The molecule has 2 rings (SSSR count). The average Bonchev–Trinajstić information content (AvgIpc) is 2.82. The molecule has 0 heterocycles. The zero-order valence-electron chi connectivity index (χ0n) is 18.9. The molecular weight excluding hydrogens is 408 g/mol. The lowest BCUT2D eigenvalue weighted by Crippen LogP contribution is -2.66. The van der Waals surface area contributed by atoms with Crippen LogP contribution in [0.3, 0.4) is 0 Å². The van der Waals surface area contributed by atoms with Crippen molar-refractivity contribution in [2.24, 2.45) is 0 Å². The molecule has 0 radical (unpaired) electrons. The first-order valence-electron chi connectivity index (χ1n) is 11.0. The Hall–Kier alpha value is -2.06. The molecule has 6 N–H and O–H groups in total. The maximum Gasteiger partial charge on any atom is 0.126 e. The highest BCUT2D eigenvalue weighted by Gasteiger charge is 2.53. The van der Waals surface area contributed by atoms with E-state index in [4.69, 9.17) is 0 Å². The normalized spacial score (nSPS) is 18.2. The van der Waals surface area contributed by atoms with Gasteiger partial charge >= 0.3 is 0 Å². The van der Waals surface area contributed by atoms with Crippen LogP contribution in [-0.4, -0.2) is 66.8 Å². The lowest BCUT2D eigenvalue weighted by molar-refractivity contribution is -0.218. The molecule has 0 aromatic heterocycles. The zero-order valence-corrected chi connectivity index (χ0v) is 18.9. The topological polar surface area (TPSA) is 121 Å². The van der Waals surface area contributed by atoms with Gasteiger partial charge in [-0.2, -0.15) is 0 Å². The number of hydrogen-bond donors (Lipinski definition) is 6. The Bertz CT molecular complexity index is 884. The number of aliphatic hydroxyl groups excluding tert-OH is 4. The van der Waals surface area contributed by atoms with Gasteiger partial charge in [-0.1, -0.05) is 68.5 Å². The summed E-state index contributed by atoms with van der Waals surface area (Å²) in [6.45, 7) is 6.76. The van der Waals surface area contributed by atoms with Crippen LogP contribution in [-0.2, 0) is 25.7 Å². The van der Waals surface area contributed by atoms with Crippen LogP contribution in [0.15, 0.2) is 61.2 Å². The van der Waals surface area contributed by atoms with Gasteiger partial charge in [0.2, 0.25) is 0 Å². The molecule has 0 fully saturated rings. The summed E-state index contributed by atoms with van der Waals surface area (Å²) in [6.07, 6.45) is -3.36. The third-order valence-electron chi connectivity index (χ3n) is 6.31. The van der Waals surface area contributed by atoms with Crippen molar-refractivity contribution in [3.8, 4) is 0 Å². The first-order valence-corrected chi connectivity index (χ1v) is 11.0. The van der Waals surface area contributed by atoms with Gasteiger partial charge in [0, 0.05) is 12.8 Å². The van der Waals surface area contributed by atoms with Crippen molar-refractivity contribution in [3.05, 3.63) is 83.4 Å². The fraction of sp³-hybridized carbons (Fsp3) is 0.462. The molecule has 6 nitrogen and oxygen atoms in total. The second-order valence-corrected chi connectivity index (χ2v) is 8.38. The van der Waals surface area contributed by atoms with Crippen molar-refractivity contribution < 1.29 is 30.6 Å². The number of aryl methyl sites for hydroxylation is 2. The Labute approximate surface area is 190 Å². The summed E-state index contributed by atoms with van der Waals surface area (Å²) < 4.78 is 0. The predicted molar refractivity (Wildman–Crippen MR) is 124 cm³/mol. The molecule has 0 bridgehead atoms. The number of hydrogen-bond acceptors (Lipinski definition) is 6. The molecule has 0 saturated carbocycles. The van der Waals surface area contributed by atoms with Gasteiger partial charge in [0.05, 0.1) is 6.61 Å². The highest BCUT2D eigenvalue weighted by atomic mass is 16.4. The molecule has 2 aromatic rings. The summed E-state index contributed by atoms with van der Waals surface area (Å²) in [6, 6.07) is 14.7. The van der Waals surface area contributed by atoms with Gasteiger partial charge in [-0.25, -0.2) is 0 Å². The highest BCUT2D eigenvalue weighted by molar-refractivity contribution is 5.33. The van der Waals surface area contributed by atoms with E-state index < -0.39 is 36.1 Å². The van der Waals surface area contributed by atoms with Gasteiger partial charge < -0.3 is 30.6 Å². The first-order chi connectivity index (χ1) is 15.2. The molecule has 0 aliphatic carbocycles. The summed E-state index contributed by atoms with van der Waals surface area (Å²) in [5.41, 5.74) is -1.11. The van der Waals surface area contributed by atoms with Crippen LogP contribution in [0, 0.1) is 0 Å². The van der Waals surface area contributed by atoms with Crippen LogP contribution in [0.1, 0.15) is 36.1 Å². The quantitative estimate of drug-likeness (QED) is 0.275. The van der Waals surface area contributed by atoms with E-state index in [1.165, 1.54) is 0 Å². The molecular formula is C26H36O6. The summed E-state index contributed by atoms with van der Waals surface area (Å²) in [7, 11) is 0. The van der Waals surface area contributed by atoms with Crippen molar-refractivity contribution in [2.45, 2.75) is 69.0 Å². The molecule has 32 heavy (non-hydrogen) atoms. The Balaban J connectivity index is 2.53. The standard InChI is InChI=1S/C26H36O6/c1-4-18-11-7-9-13-20(18)15-25(31,6-3)24(30)26(32,23(29)22(28)17-27)16-21-14-10-8-12-19(21)5-2/h6-14,22-24,27-32H,3-5,15-17H2,1-2H3/t22-,23+,24+,25?,26+/m0/s1. The highest BCUT2D eigenvalue weighted by Crippen LogP contribution is 2.34.